The van der Waals surface area contributed by atoms with Crippen LogP contribution in [0.4, 0.5) is 0 Å². The molecule has 2 N–H and O–H groups in total. The molecule has 0 radical (unpaired) electrons. The van der Waals surface area contributed by atoms with Crippen LogP contribution in [0.3, 0.4) is 0 Å². The van der Waals surface area contributed by atoms with E-state index in [1.54, 1.807) is 11.3 Å². The molecule has 0 fully saturated rings. The molecule has 0 spiro atoms. The maximum Gasteiger partial charge on any atom is 0.179 e. The summed E-state index contributed by atoms with van der Waals surface area (Å²) in [5, 5.41) is 0. The van der Waals surface area contributed by atoms with Gasteiger partial charge in [-0.2, -0.15) is 0 Å². The highest BCUT2D eigenvalue weighted by molar-refractivity contribution is 7.14. The van der Waals surface area contributed by atoms with E-state index in [1.807, 2.05) is 32.9 Å². The summed E-state index contributed by atoms with van der Waals surface area (Å²) in [7, 11) is 0. The molecule has 1 aromatic heterocycles. The van der Waals surface area contributed by atoms with Crippen LogP contribution in [0.5, 0.6) is 0 Å². The van der Waals surface area contributed by atoms with Crippen LogP contribution in [0.2, 0.25) is 0 Å². The molecule has 0 amide bonds. The van der Waals surface area contributed by atoms with Crippen molar-refractivity contribution in [2.75, 3.05) is 6.54 Å². The molecule has 0 aliphatic rings. The quantitative estimate of drug-likeness (QED) is 0.778. The molecular formula is C11H17NOS. The molecule has 1 rings (SSSR count). The molecule has 1 heterocycles. The summed E-state index contributed by atoms with van der Waals surface area (Å²) in [4.78, 5) is 14.1. The second kappa shape index (κ2) is 4.24. The number of aryl methyl sites for hydroxylation is 1. The lowest BCUT2D eigenvalue weighted by molar-refractivity contribution is 0.0825. The van der Waals surface area contributed by atoms with Crippen LogP contribution < -0.4 is 5.73 Å². The highest BCUT2D eigenvalue weighted by atomic mass is 32.1. The molecule has 1 unspecified atom stereocenters. The summed E-state index contributed by atoms with van der Waals surface area (Å²) in [6.07, 6.45) is 0.791. The van der Waals surface area contributed by atoms with E-state index in [9.17, 15) is 4.79 Å². The Hall–Kier alpha value is -0.670. The lowest BCUT2D eigenvalue weighted by atomic mass is 9.82. The zero-order chi connectivity index (χ0) is 10.8. The van der Waals surface area contributed by atoms with E-state index in [4.69, 9.17) is 5.73 Å². The number of hydrogen-bond acceptors (Lipinski definition) is 3. The van der Waals surface area contributed by atoms with Crippen molar-refractivity contribution in [3.8, 4) is 0 Å². The van der Waals surface area contributed by atoms with Gasteiger partial charge in [0, 0.05) is 16.8 Å². The first-order valence-corrected chi connectivity index (χ1v) is 5.66. The summed E-state index contributed by atoms with van der Waals surface area (Å²) < 4.78 is 0. The monoisotopic (exact) mass is 211 g/mol. The number of thiophene rings is 1. The fourth-order valence-corrected chi connectivity index (χ4v) is 2.21. The van der Waals surface area contributed by atoms with Crippen molar-refractivity contribution in [2.24, 2.45) is 11.1 Å². The summed E-state index contributed by atoms with van der Waals surface area (Å²) >= 11 is 1.55. The van der Waals surface area contributed by atoms with Crippen LogP contribution in [0.25, 0.3) is 0 Å². The molecular weight excluding hydrogens is 194 g/mol. The zero-order valence-electron chi connectivity index (χ0n) is 8.96. The molecule has 3 heteroatoms. The number of nitrogens with two attached hydrogens (primary N) is 1. The molecule has 0 aliphatic heterocycles. The minimum Gasteiger partial charge on any atom is -0.329 e. The molecule has 0 bridgehead atoms. The Morgan fingerprint density at radius 3 is 2.57 bits per heavy atom. The van der Waals surface area contributed by atoms with Crippen LogP contribution in [-0.2, 0) is 0 Å². The highest BCUT2D eigenvalue weighted by Crippen LogP contribution is 2.28. The van der Waals surface area contributed by atoms with E-state index in [-0.39, 0.29) is 5.78 Å². The van der Waals surface area contributed by atoms with Crippen molar-refractivity contribution >= 4 is 17.1 Å². The fraction of sp³-hybridized carbons (Fsp3) is 0.545. The third kappa shape index (κ3) is 2.04. The summed E-state index contributed by atoms with van der Waals surface area (Å²) in [6.45, 7) is 6.36. The number of hydrogen-bond donors (Lipinski definition) is 1. The van der Waals surface area contributed by atoms with Gasteiger partial charge in [0.15, 0.2) is 5.78 Å². The van der Waals surface area contributed by atoms with Gasteiger partial charge in [0.05, 0.1) is 4.88 Å². The van der Waals surface area contributed by atoms with Crippen LogP contribution >= 0.6 is 11.3 Å². The second-order valence-electron chi connectivity index (χ2n) is 3.86. The standard InChI is InChI=1S/C11H17NOS/c1-4-11(3,7-12)10(13)9-6-5-8(2)14-9/h5-6H,4,7,12H2,1-3H3. The number of Topliss-reactive ketones (excluding diaryl/α,β-unsaturated/α-hetero) is 1. The molecule has 2 nitrogen and oxygen atoms in total. The maximum atomic E-state index is 12.1. The Bertz CT molecular complexity index is 326. The number of rotatable bonds is 4. The van der Waals surface area contributed by atoms with Crippen LogP contribution in [-0.4, -0.2) is 12.3 Å². The molecule has 0 aliphatic carbocycles. The smallest absolute Gasteiger partial charge is 0.179 e. The van der Waals surface area contributed by atoms with E-state index in [0.29, 0.717) is 6.54 Å². The third-order valence-corrected chi connectivity index (χ3v) is 3.74. The van der Waals surface area contributed by atoms with Gasteiger partial charge in [0.1, 0.15) is 0 Å². The minimum absolute atomic E-state index is 0.181. The predicted molar refractivity (Wildman–Crippen MR) is 60.8 cm³/mol. The van der Waals surface area contributed by atoms with Crippen molar-refractivity contribution in [1.29, 1.82) is 0 Å². The van der Waals surface area contributed by atoms with Gasteiger partial charge in [-0.05, 0) is 25.5 Å². The molecule has 0 aromatic carbocycles. The number of carbonyl (C=O) groups is 1. The van der Waals surface area contributed by atoms with Crippen LogP contribution in [0.1, 0.15) is 34.8 Å². The van der Waals surface area contributed by atoms with Gasteiger partial charge in [-0.1, -0.05) is 13.8 Å². The van der Waals surface area contributed by atoms with E-state index in [0.717, 1.165) is 11.3 Å². The maximum absolute atomic E-state index is 12.1. The second-order valence-corrected chi connectivity index (χ2v) is 5.15. The van der Waals surface area contributed by atoms with Gasteiger partial charge in [-0.15, -0.1) is 11.3 Å². The predicted octanol–water partition coefficient (Wildman–Crippen LogP) is 2.61. The van der Waals surface area contributed by atoms with Crippen molar-refractivity contribution in [3.05, 3.63) is 21.9 Å². The average molecular weight is 211 g/mol. The third-order valence-electron chi connectivity index (χ3n) is 2.74. The Labute approximate surface area is 89.1 Å². The lowest BCUT2D eigenvalue weighted by Crippen LogP contribution is -2.34. The van der Waals surface area contributed by atoms with Crippen molar-refractivity contribution in [2.45, 2.75) is 27.2 Å². The van der Waals surface area contributed by atoms with E-state index < -0.39 is 5.41 Å². The van der Waals surface area contributed by atoms with Crippen molar-refractivity contribution < 1.29 is 4.79 Å². The Balaban J connectivity index is 2.94. The Morgan fingerprint density at radius 1 is 1.57 bits per heavy atom. The zero-order valence-corrected chi connectivity index (χ0v) is 9.78. The molecule has 0 saturated carbocycles. The SMILES string of the molecule is CCC(C)(CN)C(=O)c1ccc(C)s1. The normalized spacial score (nSPS) is 15.1. The van der Waals surface area contributed by atoms with Gasteiger partial charge < -0.3 is 5.73 Å². The molecule has 14 heavy (non-hydrogen) atoms. The Kier molecular flexibility index (Phi) is 3.45. The van der Waals surface area contributed by atoms with Gasteiger partial charge in [-0.25, -0.2) is 0 Å². The molecule has 0 saturated heterocycles. The molecule has 1 atom stereocenters. The van der Waals surface area contributed by atoms with E-state index >= 15 is 0 Å². The van der Waals surface area contributed by atoms with Crippen molar-refractivity contribution in [1.82, 2.24) is 0 Å². The fourth-order valence-electron chi connectivity index (χ4n) is 1.25. The highest BCUT2D eigenvalue weighted by Gasteiger charge is 2.31. The minimum atomic E-state index is -0.392. The summed E-state index contributed by atoms with van der Waals surface area (Å²) in [5.41, 5.74) is 5.25. The first-order chi connectivity index (χ1) is 6.53. The van der Waals surface area contributed by atoms with Gasteiger partial charge in [-0.3, -0.25) is 4.79 Å². The van der Waals surface area contributed by atoms with E-state index in [2.05, 4.69) is 0 Å². The molecule has 78 valence electrons. The number of ketones is 1. The Morgan fingerprint density at radius 2 is 2.21 bits per heavy atom. The van der Waals surface area contributed by atoms with Gasteiger partial charge >= 0.3 is 0 Å². The summed E-state index contributed by atoms with van der Waals surface area (Å²) in [5.74, 6) is 0.181. The van der Waals surface area contributed by atoms with Crippen LogP contribution in [0, 0.1) is 12.3 Å². The number of carbonyl (C=O) groups excluding carboxylic acids is 1. The topological polar surface area (TPSA) is 43.1 Å². The summed E-state index contributed by atoms with van der Waals surface area (Å²) in [6, 6.07) is 3.87. The molecule has 1 aromatic rings. The lowest BCUT2D eigenvalue weighted by Gasteiger charge is -2.23. The van der Waals surface area contributed by atoms with Crippen LogP contribution in [0.15, 0.2) is 12.1 Å². The van der Waals surface area contributed by atoms with Gasteiger partial charge in [0.2, 0.25) is 0 Å². The first-order valence-electron chi connectivity index (χ1n) is 4.85. The first kappa shape index (κ1) is 11.4. The van der Waals surface area contributed by atoms with E-state index in [1.165, 1.54) is 4.88 Å². The van der Waals surface area contributed by atoms with Crippen molar-refractivity contribution in [3.63, 3.8) is 0 Å². The average Bonchev–Trinajstić information content (AvgIpc) is 2.62. The largest absolute Gasteiger partial charge is 0.329 e. The van der Waals surface area contributed by atoms with Gasteiger partial charge in [0.25, 0.3) is 0 Å².